The van der Waals surface area contributed by atoms with Gasteiger partial charge in [-0.2, -0.15) is 0 Å². The molecule has 1 aliphatic heterocycles. The maximum atomic E-state index is 12.3. The molecule has 0 aromatic heterocycles. The topological polar surface area (TPSA) is 69.7 Å². The molecule has 0 atom stereocenters. The molecule has 0 bridgehead atoms. The summed E-state index contributed by atoms with van der Waals surface area (Å²) in [6.07, 6.45) is 7.15. The molecule has 1 aliphatic rings. The molecule has 0 saturated carbocycles. The highest BCUT2D eigenvalue weighted by Gasteiger charge is 2.21. The molecule has 152 valence electrons. The maximum Gasteiger partial charge on any atom is 0.240 e. The van der Waals surface area contributed by atoms with Crippen molar-refractivity contribution in [3.8, 4) is 0 Å². The standard InChI is InChI=1S/C20H33N3O3S/c1-17-9-10-19(15-18(17)2)23(27(3,25)26)16-20(24)21-11-8-14-22-12-6-4-5-7-13-22/h9-10,15H,4-8,11-14,16H2,1-3H3,(H,21,24). The van der Waals surface area contributed by atoms with E-state index in [-0.39, 0.29) is 12.5 Å². The van der Waals surface area contributed by atoms with Crippen molar-refractivity contribution in [2.75, 3.05) is 43.3 Å². The van der Waals surface area contributed by atoms with E-state index >= 15 is 0 Å². The summed E-state index contributed by atoms with van der Waals surface area (Å²) in [6, 6.07) is 5.43. The largest absolute Gasteiger partial charge is 0.354 e. The normalized spacial score (nSPS) is 16.0. The molecule has 0 unspecified atom stereocenters. The van der Waals surface area contributed by atoms with Crippen LogP contribution in [-0.4, -0.2) is 58.2 Å². The van der Waals surface area contributed by atoms with Crippen LogP contribution in [0.4, 0.5) is 5.69 Å². The fourth-order valence-corrected chi connectivity index (χ4v) is 4.21. The summed E-state index contributed by atoms with van der Waals surface area (Å²) in [5, 5.41) is 2.86. The summed E-state index contributed by atoms with van der Waals surface area (Å²) in [5.74, 6) is -0.269. The second-order valence-electron chi connectivity index (χ2n) is 7.50. The number of nitrogens with one attached hydrogen (secondary N) is 1. The van der Waals surface area contributed by atoms with Crippen molar-refractivity contribution in [1.29, 1.82) is 0 Å². The van der Waals surface area contributed by atoms with Crippen molar-refractivity contribution in [1.82, 2.24) is 10.2 Å². The Kier molecular flexibility index (Phi) is 8.10. The van der Waals surface area contributed by atoms with E-state index in [0.717, 1.165) is 43.4 Å². The molecule has 0 aliphatic carbocycles. The minimum Gasteiger partial charge on any atom is -0.354 e. The number of hydrogen-bond acceptors (Lipinski definition) is 4. The summed E-state index contributed by atoms with van der Waals surface area (Å²) >= 11 is 0. The second-order valence-corrected chi connectivity index (χ2v) is 9.40. The first-order valence-electron chi connectivity index (χ1n) is 9.81. The van der Waals surface area contributed by atoms with E-state index in [9.17, 15) is 13.2 Å². The summed E-state index contributed by atoms with van der Waals surface area (Å²) in [5.41, 5.74) is 2.62. The Morgan fingerprint density at radius 2 is 1.78 bits per heavy atom. The summed E-state index contributed by atoms with van der Waals surface area (Å²) in [7, 11) is -3.53. The summed E-state index contributed by atoms with van der Waals surface area (Å²) in [4.78, 5) is 14.8. The van der Waals surface area contributed by atoms with E-state index in [0.29, 0.717) is 12.2 Å². The number of amides is 1. The van der Waals surface area contributed by atoms with Gasteiger partial charge in [0.25, 0.3) is 0 Å². The molecule has 1 saturated heterocycles. The molecule has 1 amide bonds. The third-order valence-electron chi connectivity index (χ3n) is 5.14. The Bertz CT molecular complexity index is 726. The number of rotatable bonds is 8. The molecule has 7 heteroatoms. The van der Waals surface area contributed by atoms with Crippen LogP contribution < -0.4 is 9.62 Å². The minimum absolute atomic E-state index is 0.189. The monoisotopic (exact) mass is 395 g/mol. The van der Waals surface area contributed by atoms with Gasteiger partial charge in [-0.3, -0.25) is 9.10 Å². The molecule has 1 fully saturated rings. The van der Waals surface area contributed by atoms with Gasteiger partial charge in [-0.05, 0) is 76.0 Å². The molecule has 0 spiro atoms. The molecular formula is C20H33N3O3S. The van der Waals surface area contributed by atoms with Crippen LogP contribution in [0.5, 0.6) is 0 Å². The van der Waals surface area contributed by atoms with Gasteiger partial charge < -0.3 is 10.2 Å². The van der Waals surface area contributed by atoms with Crippen molar-refractivity contribution >= 4 is 21.6 Å². The predicted molar refractivity (Wildman–Crippen MR) is 111 cm³/mol. The first kappa shape index (κ1) is 21.7. The van der Waals surface area contributed by atoms with Gasteiger partial charge in [0, 0.05) is 6.54 Å². The van der Waals surface area contributed by atoms with Crippen LogP contribution >= 0.6 is 0 Å². The highest BCUT2D eigenvalue weighted by atomic mass is 32.2. The van der Waals surface area contributed by atoms with E-state index in [1.54, 1.807) is 6.07 Å². The molecule has 27 heavy (non-hydrogen) atoms. The van der Waals surface area contributed by atoms with E-state index in [2.05, 4.69) is 10.2 Å². The van der Waals surface area contributed by atoms with Gasteiger partial charge >= 0.3 is 0 Å². The Morgan fingerprint density at radius 1 is 1.11 bits per heavy atom. The van der Waals surface area contributed by atoms with E-state index < -0.39 is 10.0 Å². The van der Waals surface area contributed by atoms with Gasteiger partial charge in [0.05, 0.1) is 11.9 Å². The number of anilines is 1. The Hall–Kier alpha value is -1.60. The average Bonchev–Trinajstić information content (AvgIpc) is 2.87. The molecule has 1 heterocycles. The number of benzene rings is 1. The minimum atomic E-state index is -3.53. The van der Waals surface area contributed by atoms with Crippen molar-refractivity contribution < 1.29 is 13.2 Å². The highest BCUT2D eigenvalue weighted by molar-refractivity contribution is 7.92. The van der Waals surface area contributed by atoms with Crippen LogP contribution in [0.2, 0.25) is 0 Å². The lowest BCUT2D eigenvalue weighted by Gasteiger charge is -2.23. The zero-order chi connectivity index (χ0) is 19.9. The molecule has 1 aromatic rings. The molecule has 0 radical (unpaired) electrons. The lowest BCUT2D eigenvalue weighted by molar-refractivity contribution is -0.119. The first-order chi connectivity index (χ1) is 12.8. The molecular weight excluding hydrogens is 362 g/mol. The smallest absolute Gasteiger partial charge is 0.240 e. The zero-order valence-corrected chi connectivity index (χ0v) is 17.6. The van der Waals surface area contributed by atoms with Gasteiger partial charge in [0.2, 0.25) is 15.9 Å². The number of sulfonamides is 1. The lowest BCUT2D eigenvalue weighted by atomic mass is 10.1. The van der Waals surface area contributed by atoms with Crippen LogP contribution in [0.1, 0.15) is 43.2 Å². The van der Waals surface area contributed by atoms with Crippen molar-refractivity contribution in [3.05, 3.63) is 29.3 Å². The molecule has 2 rings (SSSR count). The van der Waals surface area contributed by atoms with Crippen molar-refractivity contribution in [3.63, 3.8) is 0 Å². The van der Waals surface area contributed by atoms with Crippen molar-refractivity contribution in [2.45, 2.75) is 46.0 Å². The Morgan fingerprint density at radius 3 is 2.37 bits per heavy atom. The summed E-state index contributed by atoms with van der Waals surface area (Å²) in [6.45, 7) is 7.55. The quantitative estimate of drug-likeness (QED) is 0.687. The number of hydrogen-bond donors (Lipinski definition) is 1. The molecule has 1 N–H and O–H groups in total. The van der Waals surface area contributed by atoms with Crippen LogP contribution in [0.25, 0.3) is 0 Å². The van der Waals surface area contributed by atoms with Crippen LogP contribution in [-0.2, 0) is 14.8 Å². The SMILES string of the molecule is Cc1ccc(N(CC(=O)NCCCN2CCCCCC2)S(C)(=O)=O)cc1C. The van der Waals surface area contributed by atoms with Gasteiger partial charge in [-0.15, -0.1) is 0 Å². The van der Waals surface area contributed by atoms with Crippen LogP contribution in [0.3, 0.4) is 0 Å². The number of carbonyl (C=O) groups excluding carboxylic acids is 1. The fourth-order valence-electron chi connectivity index (χ4n) is 3.36. The highest BCUT2D eigenvalue weighted by Crippen LogP contribution is 2.21. The number of aryl methyl sites for hydroxylation is 2. The van der Waals surface area contributed by atoms with Gasteiger partial charge in [0.1, 0.15) is 6.54 Å². The third-order valence-corrected chi connectivity index (χ3v) is 6.28. The van der Waals surface area contributed by atoms with Crippen LogP contribution in [0, 0.1) is 13.8 Å². The van der Waals surface area contributed by atoms with E-state index in [1.165, 1.54) is 30.0 Å². The van der Waals surface area contributed by atoms with Crippen molar-refractivity contribution in [2.24, 2.45) is 0 Å². The average molecular weight is 396 g/mol. The lowest BCUT2D eigenvalue weighted by Crippen LogP contribution is -2.41. The number of likely N-dealkylation sites (tertiary alicyclic amines) is 1. The van der Waals surface area contributed by atoms with E-state index in [4.69, 9.17) is 0 Å². The number of nitrogens with zero attached hydrogens (tertiary/aromatic N) is 2. The fraction of sp³-hybridized carbons (Fsp3) is 0.650. The Balaban J connectivity index is 1.85. The van der Waals surface area contributed by atoms with Gasteiger partial charge in [-0.1, -0.05) is 18.9 Å². The van der Waals surface area contributed by atoms with Gasteiger partial charge in [-0.25, -0.2) is 8.42 Å². The zero-order valence-electron chi connectivity index (χ0n) is 16.8. The summed E-state index contributed by atoms with van der Waals surface area (Å²) < 4.78 is 25.5. The van der Waals surface area contributed by atoms with E-state index in [1.807, 2.05) is 26.0 Å². The molecule has 6 nitrogen and oxygen atoms in total. The van der Waals surface area contributed by atoms with Gasteiger partial charge in [0.15, 0.2) is 0 Å². The maximum absolute atomic E-state index is 12.3. The third kappa shape index (κ3) is 7.14. The first-order valence-corrected chi connectivity index (χ1v) is 11.7. The predicted octanol–water partition coefficient (Wildman–Crippen LogP) is 2.45. The Labute approximate surface area is 164 Å². The number of carbonyl (C=O) groups is 1. The second kappa shape index (κ2) is 10.1. The molecule has 1 aromatic carbocycles. The van der Waals surface area contributed by atoms with Crippen LogP contribution in [0.15, 0.2) is 18.2 Å².